The average molecular weight is 228 g/mol. The summed E-state index contributed by atoms with van der Waals surface area (Å²) in [5.74, 6) is 0.841. The van der Waals surface area contributed by atoms with Crippen molar-refractivity contribution < 1.29 is 4.74 Å². The fourth-order valence-corrected chi connectivity index (χ4v) is 2.24. The molecule has 1 aliphatic heterocycles. The first-order valence-electron chi connectivity index (χ1n) is 6.77. The van der Waals surface area contributed by atoms with Gasteiger partial charge in [0.05, 0.1) is 12.7 Å². The van der Waals surface area contributed by atoms with Gasteiger partial charge in [0.25, 0.3) is 0 Å². The van der Waals surface area contributed by atoms with Gasteiger partial charge in [-0.25, -0.2) is 0 Å². The van der Waals surface area contributed by atoms with Crippen LogP contribution in [0.15, 0.2) is 0 Å². The van der Waals surface area contributed by atoms with Gasteiger partial charge in [-0.1, -0.05) is 6.92 Å². The van der Waals surface area contributed by atoms with Crippen LogP contribution in [0.5, 0.6) is 0 Å². The lowest BCUT2D eigenvalue weighted by atomic mass is 9.99. The monoisotopic (exact) mass is 228 g/mol. The number of piperidine rings is 1. The molecule has 0 aliphatic carbocycles. The van der Waals surface area contributed by atoms with Crippen molar-refractivity contribution in [3.8, 4) is 0 Å². The molecular formula is C13H28N2O. The van der Waals surface area contributed by atoms with Crippen molar-refractivity contribution in [2.45, 2.75) is 39.7 Å². The summed E-state index contributed by atoms with van der Waals surface area (Å²) in [6, 6.07) is 0. The second-order valence-electron chi connectivity index (χ2n) is 5.03. The Balaban J connectivity index is 2.14. The van der Waals surface area contributed by atoms with Crippen LogP contribution >= 0.6 is 0 Å². The Hall–Kier alpha value is -0.120. The largest absolute Gasteiger partial charge is 0.377 e. The maximum absolute atomic E-state index is 5.61. The van der Waals surface area contributed by atoms with Crippen molar-refractivity contribution in [3.63, 3.8) is 0 Å². The molecule has 1 rings (SSSR count). The topological polar surface area (TPSA) is 24.5 Å². The highest BCUT2D eigenvalue weighted by atomic mass is 16.5. The molecular weight excluding hydrogens is 200 g/mol. The van der Waals surface area contributed by atoms with Gasteiger partial charge in [0.1, 0.15) is 0 Å². The number of nitrogens with one attached hydrogen (secondary N) is 1. The zero-order valence-corrected chi connectivity index (χ0v) is 11.2. The molecule has 0 radical (unpaired) electrons. The second-order valence-corrected chi connectivity index (χ2v) is 5.03. The van der Waals surface area contributed by atoms with Gasteiger partial charge in [-0.3, -0.25) is 0 Å². The molecule has 16 heavy (non-hydrogen) atoms. The van der Waals surface area contributed by atoms with Gasteiger partial charge in [-0.15, -0.1) is 0 Å². The van der Waals surface area contributed by atoms with Crippen LogP contribution in [0.4, 0.5) is 0 Å². The Kier molecular flexibility index (Phi) is 7.01. The van der Waals surface area contributed by atoms with Crippen molar-refractivity contribution in [2.24, 2.45) is 5.92 Å². The number of ether oxygens (including phenoxy) is 1. The molecule has 0 amide bonds. The van der Waals surface area contributed by atoms with Gasteiger partial charge >= 0.3 is 0 Å². The van der Waals surface area contributed by atoms with E-state index in [4.69, 9.17) is 4.74 Å². The molecule has 0 spiro atoms. The Labute approximate surface area is 101 Å². The third-order valence-electron chi connectivity index (χ3n) is 3.22. The highest BCUT2D eigenvalue weighted by Crippen LogP contribution is 2.11. The molecule has 1 heterocycles. The zero-order valence-electron chi connectivity index (χ0n) is 11.2. The van der Waals surface area contributed by atoms with E-state index in [1.54, 1.807) is 0 Å². The maximum atomic E-state index is 5.61. The molecule has 1 N–H and O–H groups in total. The molecule has 1 atom stereocenters. The minimum absolute atomic E-state index is 0.357. The van der Waals surface area contributed by atoms with Crippen molar-refractivity contribution in [3.05, 3.63) is 0 Å². The second kappa shape index (κ2) is 8.04. The summed E-state index contributed by atoms with van der Waals surface area (Å²) in [4.78, 5) is 2.51. The van der Waals surface area contributed by atoms with Crippen LogP contribution in [0, 0.1) is 5.92 Å². The molecule has 3 heteroatoms. The first-order chi connectivity index (χ1) is 7.72. The maximum Gasteiger partial charge on any atom is 0.0596 e. The Morgan fingerprint density at radius 1 is 1.44 bits per heavy atom. The summed E-state index contributed by atoms with van der Waals surface area (Å²) in [6.07, 6.45) is 3.08. The van der Waals surface area contributed by atoms with E-state index in [9.17, 15) is 0 Å². The molecule has 0 aromatic carbocycles. The van der Waals surface area contributed by atoms with E-state index in [0.717, 1.165) is 25.6 Å². The fraction of sp³-hybridized carbons (Fsp3) is 1.00. The predicted octanol–water partition coefficient (Wildman–Crippen LogP) is 1.73. The predicted molar refractivity (Wildman–Crippen MR) is 68.8 cm³/mol. The fourth-order valence-electron chi connectivity index (χ4n) is 2.24. The van der Waals surface area contributed by atoms with Crippen LogP contribution in [0.2, 0.25) is 0 Å². The van der Waals surface area contributed by atoms with Crippen molar-refractivity contribution in [1.82, 2.24) is 10.2 Å². The zero-order chi connectivity index (χ0) is 11.8. The number of hydrogen-bond acceptors (Lipinski definition) is 3. The summed E-state index contributed by atoms with van der Waals surface area (Å²) in [6.45, 7) is 13.1. The molecule has 0 bridgehead atoms. The lowest BCUT2D eigenvalue weighted by Gasteiger charge is -2.29. The lowest BCUT2D eigenvalue weighted by molar-refractivity contribution is 0.0558. The molecule has 0 saturated carbocycles. The SMILES string of the molecule is CCN(CCOC(C)C)CC1CCCNC1. The molecule has 1 saturated heterocycles. The molecule has 96 valence electrons. The molecule has 3 nitrogen and oxygen atoms in total. The lowest BCUT2D eigenvalue weighted by Crippen LogP contribution is -2.39. The van der Waals surface area contributed by atoms with Gasteiger partial charge < -0.3 is 15.0 Å². The van der Waals surface area contributed by atoms with Crippen LogP contribution in [0.25, 0.3) is 0 Å². The third-order valence-corrected chi connectivity index (χ3v) is 3.22. The Morgan fingerprint density at radius 3 is 2.81 bits per heavy atom. The minimum atomic E-state index is 0.357. The average Bonchev–Trinajstić information content (AvgIpc) is 2.28. The molecule has 1 unspecified atom stereocenters. The van der Waals surface area contributed by atoms with Gasteiger partial charge in [0.2, 0.25) is 0 Å². The molecule has 0 aromatic heterocycles. The highest BCUT2D eigenvalue weighted by Gasteiger charge is 2.15. The standard InChI is InChI=1S/C13H28N2O/c1-4-15(8-9-16-12(2)3)11-13-6-5-7-14-10-13/h12-14H,4-11H2,1-3H3. The van der Waals surface area contributed by atoms with Crippen LogP contribution in [-0.4, -0.2) is 50.3 Å². The van der Waals surface area contributed by atoms with Crippen LogP contribution in [-0.2, 0) is 4.74 Å². The molecule has 1 fully saturated rings. The van der Waals surface area contributed by atoms with E-state index in [-0.39, 0.29) is 0 Å². The summed E-state index contributed by atoms with van der Waals surface area (Å²) < 4.78 is 5.61. The van der Waals surface area contributed by atoms with Gasteiger partial charge in [0, 0.05) is 13.1 Å². The Morgan fingerprint density at radius 2 is 2.25 bits per heavy atom. The number of likely N-dealkylation sites (N-methyl/N-ethyl adjacent to an activating group) is 1. The minimum Gasteiger partial charge on any atom is -0.377 e. The van der Waals surface area contributed by atoms with E-state index >= 15 is 0 Å². The summed E-state index contributed by atoms with van der Waals surface area (Å²) in [5.41, 5.74) is 0. The first-order valence-corrected chi connectivity index (χ1v) is 6.77. The summed E-state index contributed by atoms with van der Waals surface area (Å²) >= 11 is 0. The summed E-state index contributed by atoms with van der Waals surface area (Å²) in [7, 11) is 0. The van der Waals surface area contributed by atoms with Crippen LogP contribution in [0.3, 0.4) is 0 Å². The van der Waals surface area contributed by atoms with E-state index < -0.39 is 0 Å². The number of rotatable bonds is 7. The Bertz CT molecular complexity index is 167. The highest BCUT2D eigenvalue weighted by molar-refractivity contribution is 4.72. The van der Waals surface area contributed by atoms with Crippen molar-refractivity contribution in [1.29, 1.82) is 0 Å². The van der Waals surface area contributed by atoms with Crippen molar-refractivity contribution >= 4 is 0 Å². The van der Waals surface area contributed by atoms with Crippen molar-refractivity contribution in [2.75, 3.05) is 39.3 Å². The molecule has 1 aliphatic rings. The van der Waals surface area contributed by atoms with E-state index in [1.807, 2.05) is 0 Å². The van der Waals surface area contributed by atoms with E-state index in [2.05, 4.69) is 31.0 Å². The first kappa shape index (κ1) is 13.9. The van der Waals surface area contributed by atoms with Crippen LogP contribution < -0.4 is 5.32 Å². The van der Waals surface area contributed by atoms with Crippen LogP contribution in [0.1, 0.15) is 33.6 Å². The third kappa shape index (κ3) is 5.83. The quantitative estimate of drug-likeness (QED) is 0.718. The number of nitrogens with zero attached hydrogens (tertiary/aromatic N) is 1. The number of hydrogen-bond donors (Lipinski definition) is 1. The normalized spacial score (nSPS) is 21.9. The smallest absolute Gasteiger partial charge is 0.0596 e. The van der Waals surface area contributed by atoms with Gasteiger partial charge in [-0.05, 0) is 52.2 Å². The van der Waals surface area contributed by atoms with E-state index in [1.165, 1.54) is 32.5 Å². The summed E-state index contributed by atoms with van der Waals surface area (Å²) in [5, 5.41) is 3.48. The van der Waals surface area contributed by atoms with Gasteiger partial charge in [-0.2, -0.15) is 0 Å². The van der Waals surface area contributed by atoms with E-state index in [0.29, 0.717) is 6.10 Å². The van der Waals surface area contributed by atoms with Gasteiger partial charge in [0.15, 0.2) is 0 Å². The molecule has 0 aromatic rings.